The molecule has 2 unspecified atom stereocenters. The van der Waals surface area contributed by atoms with Crippen LogP contribution < -0.4 is 0 Å². The second-order valence-electron chi connectivity index (χ2n) is 10.7. The monoisotopic (exact) mass is 627 g/mol. The van der Waals surface area contributed by atoms with Crippen LogP contribution in [0.25, 0.3) is 34.4 Å². The molecule has 0 amide bonds. The molecule has 38 heavy (non-hydrogen) atoms. The molecule has 4 aromatic carbocycles. The first kappa shape index (κ1) is 26.3. The van der Waals surface area contributed by atoms with Gasteiger partial charge in [-0.2, -0.15) is 0 Å². The van der Waals surface area contributed by atoms with Gasteiger partial charge in [0.05, 0.1) is 0 Å². The molecule has 6 rings (SSSR count). The van der Waals surface area contributed by atoms with E-state index in [1.807, 2.05) is 0 Å². The van der Waals surface area contributed by atoms with Crippen LogP contribution in [0.15, 0.2) is 108 Å². The molecule has 0 aromatic heterocycles. The third-order valence-electron chi connectivity index (χ3n) is 8.39. The van der Waals surface area contributed by atoms with Gasteiger partial charge in [-0.3, -0.25) is 0 Å². The van der Waals surface area contributed by atoms with Gasteiger partial charge >= 0.3 is 244 Å². The number of hydrogen-bond acceptors (Lipinski definition) is 0. The minimum absolute atomic E-state index is 0.444. The molecule has 0 bridgehead atoms. The van der Waals surface area contributed by atoms with Crippen LogP contribution >= 0.6 is 17.0 Å². The molecule has 189 valence electrons. The summed E-state index contributed by atoms with van der Waals surface area (Å²) in [5, 5.41) is 0. The van der Waals surface area contributed by atoms with Crippen molar-refractivity contribution in [3.05, 3.63) is 130 Å². The molecule has 0 N–H and O–H groups in total. The Hall–Kier alpha value is -1.96. The third kappa shape index (κ3) is 5.02. The van der Waals surface area contributed by atoms with Crippen molar-refractivity contribution in [2.75, 3.05) is 0 Å². The molecule has 2 aliphatic carbocycles. The molecule has 0 aliphatic heterocycles. The van der Waals surface area contributed by atoms with Gasteiger partial charge in [0, 0.05) is 0 Å². The minimum atomic E-state index is -2.43. The molecule has 0 nitrogen and oxygen atoms in total. The molecule has 0 heterocycles. The van der Waals surface area contributed by atoms with Crippen LogP contribution in [0, 0.1) is 0 Å². The van der Waals surface area contributed by atoms with E-state index in [1.54, 1.807) is 0 Å². The number of hydrogen-bond donors (Lipinski definition) is 0. The van der Waals surface area contributed by atoms with Gasteiger partial charge < -0.3 is 0 Å². The molecule has 0 radical (unpaired) electrons. The van der Waals surface area contributed by atoms with Crippen molar-refractivity contribution in [1.29, 1.82) is 0 Å². The topological polar surface area (TPSA) is 0 Å². The van der Waals surface area contributed by atoms with Crippen LogP contribution in [-0.2, 0) is 18.5 Å². The van der Waals surface area contributed by atoms with E-state index in [2.05, 4.69) is 123 Å². The van der Waals surface area contributed by atoms with Crippen molar-refractivity contribution < 1.29 is 18.5 Å². The molecular formula is C34H31Cl2SiZr. The number of allylic oxidation sites excluding steroid dienone is 2. The Morgan fingerprint density at radius 3 is 1.39 bits per heavy atom. The van der Waals surface area contributed by atoms with Crippen LogP contribution in [0.1, 0.15) is 47.9 Å². The standard InChI is InChI=1S/C34H31Si.2ClH.Zr/c1-23-19-31-27(25-11-5-3-6-12-25)15-9-17-29(31)33(23)21-35-22-34-24(2)20-32-28(16-10-18-30(32)34)26-13-7-4-8-14-26;;;/h3-20,33-35H,21-22H2,1-2H3;2*1H;/q;;;+2/p-2. The van der Waals surface area contributed by atoms with Gasteiger partial charge in [0.1, 0.15) is 0 Å². The summed E-state index contributed by atoms with van der Waals surface area (Å²) in [4.78, 5) is 0. The Morgan fingerprint density at radius 1 is 0.579 bits per heavy atom. The van der Waals surface area contributed by atoms with Gasteiger partial charge in [-0.05, 0) is 0 Å². The van der Waals surface area contributed by atoms with Gasteiger partial charge in [-0.1, -0.05) is 0 Å². The summed E-state index contributed by atoms with van der Waals surface area (Å²) in [6.45, 7) is 4.61. The third-order valence-corrected chi connectivity index (χ3v) is 30.1. The number of fused-ring (bicyclic) bond motifs is 2. The zero-order valence-corrected chi connectivity index (χ0v) is 26.9. The summed E-state index contributed by atoms with van der Waals surface area (Å²) in [7, 11) is 14.0. The van der Waals surface area contributed by atoms with Gasteiger partial charge in [0.2, 0.25) is 0 Å². The summed E-state index contributed by atoms with van der Waals surface area (Å²) in [5.41, 5.74) is 13.9. The molecule has 0 fully saturated rings. The second-order valence-corrected chi connectivity index (χ2v) is 34.2. The molecular weight excluding hydrogens is 599 g/mol. The van der Waals surface area contributed by atoms with E-state index in [4.69, 9.17) is 17.0 Å². The fourth-order valence-corrected chi connectivity index (χ4v) is 21.8. The summed E-state index contributed by atoms with van der Waals surface area (Å²) < 4.78 is 0. The maximum atomic E-state index is 6.99. The fraction of sp³-hybridized carbons (Fsp3) is 0.176. The van der Waals surface area contributed by atoms with Crippen LogP contribution in [0.5, 0.6) is 0 Å². The Morgan fingerprint density at radius 2 is 1.00 bits per heavy atom. The Bertz CT molecular complexity index is 1410. The van der Waals surface area contributed by atoms with Gasteiger partial charge in [0.25, 0.3) is 0 Å². The predicted octanol–water partition coefficient (Wildman–Crippen LogP) is 10.4. The van der Waals surface area contributed by atoms with E-state index in [1.165, 1.54) is 67.7 Å². The Balaban J connectivity index is 1.29. The van der Waals surface area contributed by atoms with Crippen molar-refractivity contribution in [3.63, 3.8) is 0 Å². The first-order valence-corrected chi connectivity index (χ1v) is 26.2. The predicted molar refractivity (Wildman–Crippen MR) is 165 cm³/mol. The van der Waals surface area contributed by atoms with Crippen molar-refractivity contribution in [1.82, 2.24) is 0 Å². The average molecular weight is 630 g/mol. The SMILES string of the molecule is CC1=Cc2c(-c3ccccc3)cccc2C1C[SiH](CC1C(C)=Cc2c(-c3ccccc3)cccc21)[Zr]([Cl])[Cl]. The number of halogens is 2. The number of benzene rings is 4. The molecule has 4 heteroatoms. The van der Waals surface area contributed by atoms with Crippen LogP contribution in [0.4, 0.5) is 0 Å². The fourth-order valence-electron chi connectivity index (χ4n) is 6.45. The van der Waals surface area contributed by atoms with Crippen LogP contribution in [0.3, 0.4) is 0 Å². The molecule has 2 aliphatic rings. The summed E-state index contributed by atoms with van der Waals surface area (Å²) in [6, 6.07) is 37.5. The van der Waals surface area contributed by atoms with Crippen LogP contribution in [0.2, 0.25) is 12.1 Å². The zero-order chi connectivity index (χ0) is 26.2. The van der Waals surface area contributed by atoms with Crippen molar-refractivity contribution >= 4 is 35.1 Å². The van der Waals surface area contributed by atoms with E-state index in [9.17, 15) is 0 Å². The van der Waals surface area contributed by atoms with Gasteiger partial charge in [0.15, 0.2) is 0 Å². The Labute approximate surface area is 242 Å². The summed E-state index contributed by atoms with van der Waals surface area (Å²) >= 11 is -2.43. The summed E-state index contributed by atoms with van der Waals surface area (Å²) in [5.74, 6) is -0.454. The molecule has 0 saturated heterocycles. The van der Waals surface area contributed by atoms with Crippen molar-refractivity contribution in [2.45, 2.75) is 37.8 Å². The van der Waals surface area contributed by atoms with E-state index in [0.29, 0.717) is 11.8 Å². The van der Waals surface area contributed by atoms with Gasteiger partial charge in [-0.25, -0.2) is 0 Å². The molecule has 2 atom stereocenters. The van der Waals surface area contributed by atoms with Crippen molar-refractivity contribution in [2.24, 2.45) is 0 Å². The van der Waals surface area contributed by atoms with E-state index < -0.39 is 24.4 Å². The first-order chi connectivity index (χ1) is 18.5. The first-order valence-electron chi connectivity index (χ1n) is 13.4. The normalized spacial score (nSPS) is 18.4. The van der Waals surface area contributed by atoms with Crippen LogP contribution in [-0.4, -0.2) is 5.92 Å². The quantitative estimate of drug-likeness (QED) is 0.179. The molecule has 0 saturated carbocycles. The summed E-state index contributed by atoms with van der Waals surface area (Å²) in [6.07, 6.45) is 4.84. The van der Waals surface area contributed by atoms with E-state index in [-0.39, 0.29) is 0 Å². The van der Waals surface area contributed by atoms with E-state index >= 15 is 0 Å². The van der Waals surface area contributed by atoms with E-state index in [0.717, 1.165) is 0 Å². The molecule has 0 spiro atoms. The Kier molecular flexibility index (Phi) is 7.79. The van der Waals surface area contributed by atoms with Gasteiger partial charge in [-0.15, -0.1) is 0 Å². The van der Waals surface area contributed by atoms with Crippen molar-refractivity contribution in [3.8, 4) is 22.3 Å². The average Bonchev–Trinajstić information content (AvgIpc) is 3.44. The maximum absolute atomic E-state index is 6.99. The second kappa shape index (κ2) is 11.3. The number of rotatable bonds is 7. The zero-order valence-electron chi connectivity index (χ0n) is 21.8. The molecule has 4 aromatic rings.